The van der Waals surface area contributed by atoms with E-state index in [0.717, 1.165) is 57.9 Å². The Morgan fingerprint density at radius 2 is 1.42 bits per heavy atom. The zero-order valence-electron chi connectivity index (χ0n) is 14.0. The number of nitro benzene ring substituents is 1. The number of nitrogens with zero attached hydrogens (tertiary/aromatic N) is 1. The Labute approximate surface area is 142 Å². The van der Waals surface area contributed by atoms with E-state index in [-0.39, 0.29) is 10.6 Å². The quantitative estimate of drug-likeness (QED) is 0.370. The van der Waals surface area contributed by atoms with Crippen molar-refractivity contribution in [2.75, 3.05) is 52.4 Å². The molecule has 0 amide bonds. The maximum absolute atomic E-state index is 10.7. The van der Waals surface area contributed by atoms with Gasteiger partial charge in [-0.25, -0.2) is 0 Å². The summed E-state index contributed by atoms with van der Waals surface area (Å²) in [7, 11) is 0. The molecule has 8 heteroatoms. The highest BCUT2D eigenvalue weighted by Crippen LogP contribution is 2.11. The molecule has 5 N–H and O–H groups in total. The van der Waals surface area contributed by atoms with Gasteiger partial charge < -0.3 is 26.6 Å². The maximum atomic E-state index is 10.7. The van der Waals surface area contributed by atoms with Crippen LogP contribution in [-0.4, -0.2) is 63.3 Å². The van der Waals surface area contributed by atoms with Crippen LogP contribution in [0.4, 0.5) is 5.69 Å². The molecule has 0 radical (unpaired) electrons. The Morgan fingerprint density at radius 3 is 1.92 bits per heavy atom. The number of hydrogen-bond donors (Lipinski definition) is 5. The third kappa shape index (κ3) is 7.33. The van der Waals surface area contributed by atoms with Crippen molar-refractivity contribution >= 4 is 5.69 Å². The van der Waals surface area contributed by atoms with Crippen LogP contribution in [0.3, 0.4) is 0 Å². The molecule has 1 aromatic carbocycles. The lowest BCUT2D eigenvalue weighted by atomic mass is 10.2. The molecule has 1 fully saturated rings. The SMILES string of the molecule is O=[N+]([O-])c1ccc(CNC2CNCCNCCNCCNC2)cc1. The summed E-state index contributed by atoms with van der Waals surface area (Å²) in [4.78, 5) is 10.3. The van der Waals surface area contributed by atoms with E-state index in [1.807, 2.05) is 0 Å². The Kier molecular flexibility index (Phi) is 8.64. The van der Waals surface area contributed by atoms with Crippen LogP contribution in [0.15, 0.2) is 24.3 Å². The van der Waals surface area contributed by atoms with E-state index in [2.05, 4.69) is 26.6 Å². The Morgan fingerprint density at radius 1 is 0.917 bits per heavy atom. The van der Waals surface area contributed by atoms with E-state index in [9.17, 15) is 10.1 Å². The molecular weight excluding hydrogens is 308 g/mol. The zero-order valence-corrected chi connectivity index (χ0v) is 14.0. The molecule has 0 unspecified atom stereocenters. The molecule has 0 aromatic heterocycles. The predicted octanol–water partition coefficient (Wildman–Crippen LogP) is -0.575. The molecule has 1 heterocycles. The van der Waals surface area contributed by atoms with Gasteiger partial charge in [-0.1, -0.05) is 12.1 Å². The lowest BCUT2D eigenvalue weighted by Crippen LogP contribution is -2.46. The van der Waals surface area contributed by atoms with Gasteiger partial charge in [-0.2, -0.15) is 0 Å². The third-order valence-corrected chi connectivity index (χ3v) is 3.96. The Hall–Kier alpha value is -1.58. The monoisotopic (exact) mass is 336 g/mol. The highest BCUT2D eigenvalue weighted by atomic mass is 16.6. The maximum Gasteiger partial charge on any atom is 0.269 e. The molecule has 24 heavy (non-hydrogen) atoms. The zero-order chi connectivity index (χ0) is 17.0. The smallest absolute Gasteiger partial charge is 0.269 e. The van der Waals surface area contributed by atoms with Gasteiger partial charge in [-0.3, -0.25) is 10.1 Å². The van der Waals surface area contributed by atoms with E-state index < -0.39 is 0 Å². The van der Waals surface area contributed by atoms with E-state index in [0.29, 0.717) is 12.6 Å². The van der Waals surface area contributed by atoms with Crippen LogP contribution in [0.2, 0.25) is 0 Å². The van der Waals surface area contributed by atoms with Crippen molar-refractivity contribution in [1.29, 1.82) is 0 Å². The van der Waals surface area contributed by atoms with Gasteiger partial charge in [0.15, 0.2) is 0 Å². The average molecular weight is 336 g/mol. The third-order valence-electron chi connectivity index (χ3n) is 3.96. The first kappa shape index (κ1) is 18.8. The fraction of sp³-hybridized carbons (Fsp3) is 0.625. The molecule has 1 aromatic rings. The van der Waals surface area contributed by atoms with Crippen LogP contribution < -0.4 is 26.6 Å². The summed E-state index contributed by atoms with van der Waals surface area (Å²) in [6.07, 6.45) is 0. The fourth-order valence-electron chi connectivity index (χ4n) is 2.55. The van der Waals surface area contributed by atoms with Crippen molar-refractivity contribution in [3.05, 3.63) is 39.9 Å². The summed E-state index contributed by atoms with van der Waals surface area (Å²) in [5, 5.41) is 27.9. The standard InChI is InChI=1S/C16H28N6O2/c23-22(24)16-3-1-14(2-4-16)11-21-15-12-19-9-7-17-5-6-18-8-10-20-13-15/h1-4,15,17-21H,5-13H2. The minimum Gasteiger partial charge on any atom is -0.314 e. The van der Waals surface area contributed by atoms with Crippen molar-refractivity contribution in [1.82, 2.24) is 26.6 Å². The second-order valence-electron chi connectivity index (χ2n) is 5.91. The van der Waals surface area contributed by atoms with Gasteiger partial charge in [-0.05, 0) is 5.56 Å². The minimum atomic E-state index is -0.372. The highest BCUT2D eigenvalue weighted by Gasteiger charge is 2.09. The van der Waals surface area contributed by atoms with E-state index in [4.69, 9.17) is 0 Å². The topological polar surface area (TPSA) is 103 Å². The molecule has 0 spiro atoms. The average Bonchev–Trinajstić information content (AvgIpc) is 2.62. The molecule has 8 nitrogen and oxygen atoms in total. The van der Waals surface area contributed by atoms with Gasteiger partial charge in [0.2, 0.25) is 0 Å². The van der Waals surface area contributed by atoms with E-state index >= 15 is 0 Å². The summed E-state index contributed by atoms with van der Waals surface area (Å²) < 4.78 is 0. The first-order valence-electron chi connectivity index (χ1n) is 8.55. The van der Waals surface area contributed by atoms with Crippen molar-refractivity contribution in [2.24, 2.45) is 0 Å². The van der Waals surface area contributed by atoms with Gasteiger partial charge in [0.1, 0.15) is 0 Å². The molecule has 0 bridgehead atoms. The lowest BCUT2D eigenvalue weighted by molar-refractivity contribution is -0.384. The van der Waals surface area contributed by atoms with Gasteiger partial charge in [0, 0.05) is 77.1 Å². The highest BCUT2D eigenvalue weighted by molar-refractivity contribution is 5.32. The molecule has 134 valence electrons. The summed E-state index contributed by atoms with van der Waals surface area (Å²) >= 11 is 0. The molecule has 0 aliphatic carbocycles. The number of hydrogen-bond acceptors (Lipinski definition) is 7. The number of nitrogens with one attached hydrogen (secondary N) is 5. The van der Waals surface area contributed by atoms with Crippen LogP contribution in [0.5, 0.6) is 0 Å². The molecule has 1 aliphatic heterocycles. The van der Waals surface area contributed by atoms with Gasteiger partial charge in [-0.15, -0.1) is 0 Å². The number of benzene rings is 1. The summed E-state index contributed by atoms with van der Waals surface area (Å²) in [6, 6.07) is 7.02. The molecule has 0 saturated carbocycles. The Balaban J connectivity index is 1.79. The van der Waals surface area contributed by atoms with Crippen LogP contribution >= 0.6 is 0 Å². The van der Waals surface area contributed by atoms with Crippen LogP contribution in [0.25, 0.3) is 0 Å². The van der Waals surface area contributed by atoms with E-state index in [1.165, 1.54) is 0 Å². The lowest BCUT2D eigenvalue weighted by Gasteiger charge is -2.20. The van der Waals surface area contributed by atoms with Gasteiger partial charge in [0.05, 0.1) is 4.92 Å². The first-order valence-corrected chi connectivity index (χ1v) is 8.55. The van der Waals surface area contributed by atoms with E-state index in [1.54, 1.807) is 24.3 Å². The first-order chi connectivity index (χ1) is 11.8. The number of non-ortho nitro benzene ring substituents is 1. The van der Waals surface area contributed by atoms with Crippen molar-refractivity contribution < 1.29 is 4.92 Å². The predicted molar refractivity (Wildman–Crippen MR) is 95.2 cm³/mol. The second kappa shape index (κ2) is 11.1. The molecule has 1 aliphatic rings. The van der Waals surface area contributed by atoms with Crippen molar-refractivity contribution in [3.8, 4) is 0 Å². The summed E-state index contributed by atoms with van der Waals surface area (Å²) in [5.74, 6) is 0. The second-order valence-corrected chi connectivity index (χ2v) is 5.91. The largest absolute Gasteiger partial charge is 0.314 e. The van der Waals surface area contributed by atoms with Crippen LogP contribution in [0, 0.1) is 10.1 Å². The van der Waals surface area contributed by atoms with Gasteiger partial charge in [0.25, 0.3) is 5.69 Å². The van der Waals surface area contributed by atoms with Crippen molar-refractivity contribution in [2.45, 2.75) is 12.6 Å². The van der Waals surface area contributed by atoms with Crippen LogP contribution in [0.1, 0.15) is 5.56 Å². The Bertz CT molecular complexity index is 468. The fourth-order valence-corrected chi connectivity index (χ4v) is 2.55. The number of nitro groups is 1. The minimum absolute atomic E-state index is 0.129. The molecule has 1 saturated heterocycles. The van der Waals surface area contributed by atoms with Crippen molar-refractivity contribution in [3.63, 3.8) is 0 Å². The van der Waals surface area contributed by atoms with Gasteiger partial charge >= 0.3 is 0 Å². The number of rotatable bonds is 4. The summed E-state index contributed by atoms with van der Waals surface area (Å²) in [6.45, 7) is 8.25. The molecular formula is C16H28N6O2. The van der Waals surface area contributed by atoms with Crippen LogP contribution in [-0.2, 0) is 6.54 Å². The molecule has 0 atom stereocenters. The normalized spacial score (nSPS) is 19.0. The molecule has 2 rings (SSSR count). The summed E-state index contributed by atoms with van der Waals surface area (Å²) in [5.41, 5.74) is 1.18.